The van der Waals surface area contributed by atoms with Crippen molar-refractivity contribution in [2.24, 2.45) is 0 Å². The average Bonchev–Trinajstić information content (AvgIpc) is 3.10. The average molecular weight is 410 g/mol. The molecule has 4 aromatic rings. The van der Waals surface area contributed by atoms with Crippen LogP contribution in [0.4, 0.5) is 5.69 Å². The Morgan fingerprint density at radius 1 is 1.11 bits per heavy atom. The summed E-state index contributed by atoms with van der Waals surface area (Å²) in [5, 5.41) is 17.2. The Hall–Kier alpha value is -2.90. The van der Waals surface area contributed by atoms with Crippen molar-refractivity contribution in [3.05, 3.63) is 71.2 Å². The summed E-state index contributed by atoms with van der Waals surface area (Å²) in [4.78, 5) is 12.2. The Morgan fingerprint density at radius 2 is 1.93 bits per heavy atom. The number of anilines is 1. The van der Waals surface area contributed by atoms with Gasteiger partial charge >= 0.3 is 0 Å². The van der Waals surface area contributed by atoms with Crippen molar-refractivity contribution in [1.29, 1.82) is 0 Å². The third-order valence-corrected chi connectivity index (χ3v) is 5.17. The van der Waals surface area contributed by atoms with Crippen LogP contribution < -0.4 is 5.32 Å². The summed E-state index contributed by atoms with van der Waals surface area (Å²) in [5.74, 6) is 0.794. The first kappa shape index (κ1) is 18.5. The molecular formula is C20H16ClN5OS. The molecule has 0 saturated carbocycles. The Bertz CT molecular complexity index is 1140. The minimum absolute atomic E-state index is 0.0841. The molecule has 0 bridgehead atoms. The summed E-state index contributed by atoms with van der Waals surface area (Å²) in [6.45, 7) is 1.99. The number of aromatic nitrogens is 4. The molecule has 0 fully saturated rings. The van der Waals surface area contributed by atoms with Gasteiger partial charge in [0.2, 0.25) is 5.91 Å². The molecule has 2 heterocycles. The maximum atomic E-state index is 12.2. The zero-order valence-corrected chi connectivity index (χ0v) is 16.5. The highest BCUT2D eigenvalue weighted by Gasteiger charge is 2.11. The van der Waals surface area contributed by atoms with E-state index in [0.717, 1.165) is 16.8 Å². The zero-order chi connectivity index (χ0) is 19.5. The standard InChI is InChI=1S/C20H16ClN5OS/c1-13-3-2-4-16(11-13)22-18(27)12-28-19-10-9-17-23-24-20(26(17)25-19)14-5-7-15(21)8-6-14/h2-11H,12H2,1H3,(H,22,27). The Kier molecular flexibility index (Phi) is 5.27. The predicted molar refractivity (Wildman–Crippen MR) is 112 cm³/mol. The number of nitrogens with zero attached hydrogens (tertiary/aromatic N) is 4. The van der Waals surface area contributed by atoms with Crippen molar-refractivity contribution in [2.75, 3.05) is 11.1 Å². The molecule has 140 valence electrons. The lowest BCUT2D eigenvalue weighted by atomic mass is 10.2. The maximum Gasteiger partial charge on any atom is 0.234 e. The number of benzene rings is 2. The van der Waals surface area contributed by atoms with Crippen LogP contribution in [-0.4, -0.2) is 31.5 Å². The third kappa shape index (κ3) is 4.16. The first-order valence-electron chi connectivity index (χ1n) is 8.56. The summed E-state index contributed by atoms with van der Waals surface area (Å²) >= 11 is 7.31. The number of thioether (sulfide) groups is 1. The van der Waals surface area contributed by atoms with Crippen LogP contribution in [0.3, 0.4) is 0 Å². The van der Waals surface area contributed by atoms with Crippen molar-refractivity contribution in [3.63, 3.8) is 0 Å². The van der Waals surface area contributed by atoms with Crippen molar-refractivity contribution < 1.29 is 4.79 Å². The maximum absolute atomic E-state index is 12.2. The van der Waals surface area contributed by atoms with Gasteiger partial charge < -0.3 is 5.32 Å². The van der Waals surface area contributed by atoms with Crippen LogP contribution >= 0.6 is 23.4 Å². The first-order valence-corrected chi connectivity index (χ1v) is 9.92. The molecule has 0 saturated heterocycles. The highest BCUT2D eigenvalue weighted by molar-refractivity contribution is 7.99. The van der Waals surface area contributed by atoms with Crippen molar-refractivity contribution in [2.45, 2.75) is 11.9 Å². The van der Waals surface area contributed by atoms with Crippen molar-refractivity contribution in [3.8, 4) is 11.4 Å². The van der Waals surface area contributed by atoms with Crippen LogP contribution in [0.15, 0.2) is 65.7 Å². The summed E-state index contributed by atoms with van der Waals surface area (Å²) in [5.41, 5.74) is 3.39. The van der Waals surface area contributed by atoms with E-state index in [2.05, 4.69) is 20.6 Å². The molecule has 2 aromatic heterocycles. The molecule has 0 radical (unpaired) electrons. The van der Waals surface area contributed by atoms with E-state index >= 15 is 0 Å². The predicted octanol–water partition coefficient (Wildman–Crippen LogP) is 4.48. The summed E-state index contributed by atoms with van der Waals surface area (Å²) in [6.07, 6.45) is 0. The molecule has 8 heteroatoms. The van der Waals surface area contributed by atoms with Crippen LogP contribution in [0.5, 0.6) is 0 Å². The second-order valence-electron chi connectivity index (χ2n) is 6.18. The van der Waals surface area contributed by atoms with Crippen LogP contribution in [0.1, 0.15) is 5.56 Å². The Balaban J connectivity index is 1.49. The number of aryl methyl sites for hydroxylation is 1. The number of fused-ring (bicyclic) bond motifs is 1. The Morgan fingerprint density at radius 3 is 2.71 bits per heavy atom. The molecule has 28 heavy (non-hydrogen) atoms. The lowest BCUT2D eigenvalue weighted by Gasteiger charge is -2.06. The molecule has 0 unspecified atom stereocenters. The smallest absolute Gasteiger partial charge is 0.234 e. The van der Waals surface area contributed by atoms with Crippen LogP contribution in [0.2, 0.25) is 5.02 Å². The fourth-order valence-electron chi connectivity index (χ4n) is 2.69. The summed E-state index contributed by atoms with van der Waals surface area (Å²) in [6, 6.07) is 18.7. The van der Waals surface area contributed by atoms with E-state index in [1.807, 2.05) is 55.5 Å². The number of hydrogen-bond acceptors (Lipinski definition) is 5. The molecule has 2 aromatic carbocycles. The van der Waals surface area contributed by atoms with E-state index in [4.69, 9.17) is 11.6 Å². The van der Waals surface area contributed by atoms with Crippen LogP contribution in [0, 0.1) is 6.92 Å². The van der Waals surface area contributed by atoms with Crippen molar-refractivity contribution in [1.82, 2.24) is 19.8 Å². The van der Waals surface area contributed by atoms with E-state index in [9.17, 15) is 4.79 Å². The van der Waals surface area contributed by atoms with E-state index in [0.29, 0.717) is 21.5 Å². The number of carbonyl (C=O) groups excluding carboxylic acids is 1. The van der Waals surface area contributed by atoms with E-state index in [-0.39, 0.29) is 11.7 Å². The Labute approximate surface area is 170 Å². The lowest BCUT2D eigenvalue weighted by molar-refractivity contribution is -0.113. The number of amides is 1. The van der Waals surface area contributed by atoms with Gasteiger partial charge in [-0.1, -0.05) is 35.5 Å². The molecule has 0 atom stereocenters. The van der Waals surface area contributed by atoms with E-state index in [1.54, 1.807) is 16.6 Å². The molecule has 0 aliphatic carbocycles. The molecule has 1 N–H and O–H groups in total. The molecule has 4 rings (SSSR count). The molecule has 0 aliphatic rings. The third-order valence-electron chi connectivity index (χ3n) is 3.99. The SMILES string of the molecule is Cc1cccc(NC(=O)CSc2ccc3nnc(-c4ccc(Cl)cc4)n3n2)c1. The van der Waals surface area contributed by atoms with Gasteiger partial charge in [-0.25, -0.2) is 0 Å². The van der Waals surface area contributed by atoms with Gasteiger partial charge in [-0.2, -0.15) is 9.61 Å². The first-order chi connectivity index (χ1) is 13.6. The molecule has 0 spiro atoms. The number of halogens is 1. The summed E-state index contributed by atoms with van der Waals surface area (Å²) < 4.78 is 1.67. The second kappa shape index (κ2) is 8.00. The highest BCUT2D eigenvalue weighted by Crippen LogP contribution is 2.22. The molecule has 6 nitrogen and oxygen atoms in total. The number of hydrogen-bond donors (Lipinski definition) is 1. The fourth-order valence-corrected chi connectivity index (χ4v) is 3.47. The molecular weight excluding hydrogens is 394 g/mol. The normalized spacial score (nSPS) is 10.9. The highest BCUT2D eigenvalue weighted by atomic mass is 35.5. The topological polar surface area (TPSA) is 72.2 Å². The van der Waals surface area contributed by atoms with Gasteiger partial charge in [-0.3, -0.25) is 4.79 Å². The van der Waals surface area contributed by atoms with E-state index < -0.39 is 0 Å². The lowest BCUT2D eigenvalue weighted by Crippen LogP contribution is -2.14. The molecule has 1 amide bonds. The monoisotopic (exact) mass is 409 g/mol. The van der Waals surface area contributed by atoms with Gasteiger partial charge in [0.1, 0.15) is 5.03 Å². The molecule has 0 aliphatic heterocycles. The van der Waals surface area contributed by atoms with Gasteiger partial charge in [0.05, 0.1) is 5.75 Å². The van der Waals surface area contributed by atoms with Crippen LogP contribution in [0.25, 0.3) is 17.0 Å². The van der Waals surface area contributed by atoms with E-state index in [1.165, 1.54) is 11.8 Å². The largest absolute Gasteiger partial charge is 0.325 e. The van der Waals surface area contributed by atoms with Crippen LogP contribution in [-0.2, 0) is 4.79 Å². The van der Waals surface area contributed by atoms with Gasteiger partial charge in [0.25, 0.3) is 0 Å². The second-order valence-corrected chi connectivity index (χ2v) is 7.61. The van der Waals surface area contributed by atoms with Gasteiger partial charge in [0.15, 0.2) is 11.5 Å². The number of carbonyl (C=O) groups is 1. The zero-order valence-electron chi connectivity index (χ0n) is 15.0. The number of nitrogens with one attached hydrogen (secondary N) is 1. The quantitative estimate of drug-likeness (QED) is 0.492. The minimum atomic E-state index is -0.0841. The number of rotatable bonds is 5. The summed E-state index contributed by atoms with van der Waals surface area (Å²) in [7, 11) is 0. The van der Waals surface area contributed by atoms with Gasteiger partial charge in [0, 0.05) is 16.3 Å². The van der Waals surface area contributed by atoms with Gasteiger partial charge in [-0.05, 0) is 61.0 Å². The fraction of sp³-hybridized carbons (Fsp3) is 0.100. The minimum Gasteiger partial charge on any atom is -0.325 e. The van der Waals surface area contributed by atoms with Gasteiger partial charge in [-0.15, -0.1) is 10.2 Å². The van der Waals surface area contributed by atoms with Crippen molar-refractivity contribution >= 4 is 40.6 Å².